The van der Waals surface area contributed by atoms with Crippen LogP contribution in [0.1, 0.15) is 62.7 Å². The lowest BCUT2D eigenvalue weighted by Gasteiger charge is -2.32. The maximum absolute atomic E-state index is 12.8. The number of unbranched alkanes of at least 4 members (excludes halogenated alkanes) is 1. The van der Waals surface area contributed by atoms with Gasteiger partial charge in [-0.15, -0.1) is 0 Å². The fourth-order valence-electron chi connectivity index (χ4n) is 4.10. The van der Waals surface area contributed by atoms with Gasteiger partial charge in [0.2, 0.25) is 10.0 Å². The van der Waals surface area contributed by atoms with Gasteiger partial charge in [-0.1, -0.05) is 20.3 Å². The Bertz CT molecular complexity index is 763. The van der Waals surface area contributed by atoms with Gasteiger partial charge in [-0.3, -0.25) is 4.79 Å². The molecule has 7 heteroatoms. The third kappa shape index (κ3) is 5.80. The number of amides is 1. The Morgan fingerprint density at radius 2 is 1.66 bits per heavy atom. The minimum absolute atomic E-state index is 0.118. The highest BCUT2D eigenvalue weighted by Gasteiger charge is 2.28. The van der Waals surface area contributed by atoms with Gasteiger partial charge in [0.25, 0.3) is 5.91 Å². The molecule has 0 bridgehead atoms. The van der Waals surface area contributed by atoms with Gasteiger partial charge in [-0.25, -0.2) is 8.42 Å². The predicted molar refractivity (Wildman–Crippen MR) is 115 cm³/mol. The van der Waals surface area contributed by atoms with Gasteiger partial charge in [-0.05, 0) is 68.8 Å². The van der Waals surface area contributed by atoms with Gasteiger partial charge in [0.1, 0.15) is 0 Å². The summed E-state index contributed by atoms with van der Waals surface area (Å²) >= 11 is 0. The molecule has 2 aliphatic heterocycles. The number of nitrogens with zero attached hydrogens (tertiary/aromatic N) is 2. The van der Waals surface area contributed by atoms with Crippen LogP contribution in [0.25, 0.3) is 0 Å². The maximum atomic E-state index is 12.8. The summed E-state index contributed by atoms with van der Waals surface area (Å²) < 4.78 is 27.2. The van der Waals surface area contributed by atoms with Gasteiger partial charge in [0.05, 0.1) is 4.90 Å². The fraction of sp³-hybridized carbons (Fsp3) is 0.682. The Balaban J connectivity index is 1.54. The van der Waals surface area contributed by atoms with Crippen molar-refractivity contribution in [3.8, 4) is 0 Å². The summed E-state index contributed by atoms with van der Waals surface area (Å²) in [4.78, 5) is 15.3. The lowest BCUT2D eigenvalue weighted by molar-refractivity contribution is 0.0910. The van der Waals surface area contributed by atoms with Crippen LogP contribution in [0.3, 0.4) is 0 Å². The number of likely N-dealkylation sites (tertiary alicyclic amines) is 1. The normalized spacial score (nSPS) is 20.6. The second-order valence-electron chi connectivity index (χ2n) is 8.55. The predicted octanol–water partition coefficient (Wildman–Crippen LogP) is 3.10. The molecule has 29 heavy (non-hydrogen) atoms. The van der Waals surface area contributed by atoms with Gasteiger partial charge in [0, 0.05) is 37.8 Å². The van der Waals surface area contributed by atoms with Crippen molar-refractivity contribution in [2.45, 2.75) is 63.3 Å². The topological polar surface area (TPSA) is 69.7 Å². The van der Waals surface area contributed by atoms with E-state index in [9.17, 15) is 13.2 Å². The van der Waals surface area contributed by atoms with E-state index >= 15 is 0 Å². The lowest BCUT2D eigenvalue weighted by atomic mass is 10.0. The largest absolute Gasteiger partial charge is 0.349 e. The summed E-state index contributed by atoms with van der Waals surface area (Å²) in [5.74, 6) is 0.457. The molecule has 1 amide bonds. The van der Waals surface area contributed by atoms with Crippen LogP contribution >= 0.6 is 0 Å². The molecule has 2 heterocycles. The molecule has 2 saturated heterocycles. The van der Waals surface area contributed by atoms with E-state index in [2.05, 4.69) is 24.1 Å². The van der Waals surface area contributed by atoms with Crippen LogP contribution in [0.5, 0.6) is 0 Å². The number of sulfonamides is 1. The molecule has 6 nitrogen and oxygen atoms in total. The number of hydrogen-bond donors (Lipinski definition) is 1. The van der Waals surface area contributed by atoms with Crippen LogP contribution in [0.15, 0.2) is 29.2 Å². The summed E-state index contributed by atoms with van der Waals surface area (Å²) in [5, 5.41) is 3.11. The van der Waals surface area contributed by atoms with E-state index in [0.717, 1.165) is 45.3 Å². The van der Waals surface area contributed by atoms with E-state index in [4.69, 9.17) is 0 Å². The molecule has 0 spiro atoms. The molecule has 1 N–H and O–H groups in total. The molecular weight excluding hydrogens is 386 g/mol. The van der Waals surface area contributed by atoms with Crippen molar-refractivity contribution in [1.82, 2.24) is 14.5 Å². The Morgan fingerprint density at radius 3 is 2.24 bits per heavy atom. The first-order chi connectivity index (χ1) is 13.9. The molecular formula is C22H35N3O3S. The lowest BCUT2D eigenvalue weighted by Crippen LogP contribution is -2.44. The molecule has 0 aliphatic carbocycles. The first-order valence-electron chi connectivity index (χ1n) is 11.0. The van der Waals surface area contributed by atoms with Crippen molar-refractivity contribution >= 4 is 15.9 Å². The molecule has 0 aromatic heterocycles. The summed E-state index contributed by atoms with van der Waals surface area (Å²) in [6.45, 7) is 8.70. The van der Waals surface area contributed by atoms with E-state index in [-0.39, 0.29) is 16.8 Å². The van der Waals surface area contributed by atoms with E-state index in [1.54, 1.807) is 28.6 Å². The number of carbonyl (C=O) groups is 1. The Morgan fingerprint density at radius 1 is 1.03 bits per heavy atom. The molecule has 0 radical (unpaired) electrons. The first-order valence-corrected chi connectivity index (χ1v) is 12.5. The number of carbonyl (C=O) groups excluding carboxylic acids is 1. The monoisotopic (exact) mass is 421 g/mol. The van der Waals surface area contributed by atoms with Gasteiger partial charge >= 0.3 is 0 Å². The second-order valence-corrected chi connectivity index (χ2v) is 10.5. The quantitative estimate of drug-likeness (QED) is 0.734. The van der Waals surface area contributed by atoms with Crippen LogP contribution < -0.4 is 5.32 Å². The SMILES string of the molecule is CCCCN1CCC(NC(=O)c2ccc(S(=O)(=O)N3CCC(C)CC3)cc2)CC1. The fourth-order valence-corrected chi connectivity index (χ4v) is 5.57. The number of piperidine rings is 2. The highest BCUT2D eigenvalue weighted by molar-refractivity contribution is 7.89. The van der Waals surface area contributed by atoms with Gasteiger partial charge in [-0.2, -0.15) is 4.31 Å². The van der Waals surface area contributed by atoms with Gasteiger partial charge < -0.3 is 10.2 Å². The number of nitrogens with one attached hydrogen (secondary N) is 1. The zero-order chi connectivity index (χ0) is 20.9. The number of benzene rings is 1. The van der Waals surface area contributed by atoms with E-state index in [1.807, 2.05) is 0 Å². The van der Waals surface area contributed by atoms with E-state index in [0.29, 0.717) is 24.6 Å². The Kier molecular flexibility index (Phi) is 7.71. The third-order valence-electron chi connectivity index (χ3n) is 6.25. The second kappa shape index (κ2) is 10.0. The zero-order valence-electron chi connectivity index (χ0n) is 17.8. The highest BCUT2D eigenvalue weighted by Crippen LogP contribution is 2.23. The van der Waals surface area contributed by atoms with Crippen LogP contribution in [0.4, 0.5) is 0 Å². The minimum atomic E-state index is -3.47. The van der Waals surface area contributed by atoms with Crippen molar-refractivity contribution in [3.63, 3.8) is 0 Å². The number of hydrogen-bond acceptors (Lipinski definition) is 4. The molecule has 162 valence electrons. The summed E-state index contributed by atoms with van der Waals surface area (Å²) in [6.07, 6.45) is 6.17. The number of rotatable bonds is 7. The standard InChI is InChI=1S/C22H35N3O3S/c1-3-4-13-24-14-11-20(12-15-24)23-22(26)19-5-7-21(8-6-19)29(27,28)25-16-9-18(2)10-17-25/h5-8,18,20H,3-4,9-17H2,1-2H3,(H,23,26). The van der Waals surface area contributed by atoms with Crippen molar-refractivity contribution in [1.29, 1.82) is 0 Å². The average Bonchev–Trinajstić information content (AvgIpc) is 2.73. The van der Waals surface area contributed by atoms with E-state index in [1.165, 1.54) is 12.8 Å². The molecule has 0 saturated carbocycles. The van der Waals surface area contributed by atoms with Crippen LogP contribution in [0, 0.1) is 5.92 Å². The van der Waals surface area contributed by atoms with Crippen molar-refractivity contribution in [2.75, 3.05) is 32.7 Å². The van der Waals surface area contributed by atoms with Crippen molar-refractivity contribution < 1.29 is 13.2 Å². The molecule has 0 unspecified atom stereocenters. The molecule has 0 atom stereocenters. The van der Waals surface area contributed by atoms with Crippen molar-refractivity contribution in [3.05, 3.63) is 29.8 Å². The Labute approximate surface area is 175 Å². The third-order valence-corrected chi connectivity index (χ3v) is 8.16. The van der Waals surface area contributed by atoms with E-state index < -0.39 is 10.0 Å². The minimum Gasteiger partial charge on any atom is -0.349 e. The molecule has 2 aliphatic rings. The van der Waals surface area contributed by atoms with Crippen LogP contribution in [0.2, 0.25) is 0 Å². The highest BCUT2D eigenvalue weighted by atomic mass is 32.2. The summed E-state index contributed by atoms with van der Waals surface area (Å²) in [7, 11) is -3.47. The smallest absolute Gasteiger partial charge is 0.251 e. The van der Waals surface area contributed by atoms with Crippen LogP contribution in [-0.2, 0) is 10.0 Å². The zero-order valence-corrected chi connectivity index (χ0v) is 18.6. The van der Waals surface area contributed by atoms with Gasteiger partial charge in [0.15, 0.2) is 0 Å². The van der Waals surface area contributed by atoms with Crippen LogP contribution in [-0.4, -0.2) is 62.3 Å². The molecule has 1 aromatic rings. The van der Waals surface area contributed by atoms with Crippen molar-refractivity contribution in [2.24, 2.45) is 5.92 Å². The average molecular weight is 422 g/mol. The first kappa shape index (κ1) is 22.2. The summed E-state index contributed by atoms with van der Waals surface area (Å²) in [5.41, 5.74) is 0.518. The summed E-state index contributed by atoms with van der Waals surface area (Å²) in [6, 6.07) is 6.58. The molecule has 3 rings (SSSR count). The maximum Gasteiger partial charge on any atom is 0.251 e. The Hall–Kier alpha value is -1.44. The molecule has 2 fully saturated rings. The molecule has 1 aromatic carbocycles.